The number of hydrogen-bond donors (Lipinski definition) is 1. The fourth-order valence-corrected chi connectivity index (χ4v) is 2.79. The number of halogens is 2. The van der Waals surface area contributed by atoms with Gasteiger partial charge in [0.2, 0.25) is 0 Å². The van der Waals surface area contributed by atoms with Crippen molar-refractivity contribution in [1.29, 1.82) is 0 Å². The summed E-state index contributed by atoms with van der Waals surface area (Å²) in [4.78, 5) is 28.9. The average Bonchev–Trinajstić information content (AvgIpc) is 2.73. The van der Waals surface area contributed by atoms with Crippen LogP contribution in [0.25, 0.3) is 0 Å². The van der Waals surface area contributed by atoms with E-state index in [0.29, 0.717) is 17.4 Å². The van der Waals surface area contributed by atoms with Gasteiger partial charge in [-0.1, -0.05) is 18.5 Å². The third-order valence-electron chi connectivity index (χ3n) is 3.25. The van der Waals surface area contributed by atoms with Crippen molar-refractivity contribution in [3.05, 3.63) is 27.5 Å². The molecule has 0 aliphatic carbocycles. The van der Waals surface area contributed by atoms with Gasteiger partial charge in [0.05, 0.1) is 5.56 Å². The maximum Gasteiger partial charge on any atom is 0.326 e. The number of rotatable bonds is 2. The molecule has 19 heavy (non-hydrogen) atoms. The summed E-state index contributed by atoms with van der Waals surface area (Å²) in [6, 6.07) is 0.752. The highest BCUT2D eigenvalue weighted by Gasteiger charge is 2.40. The normalized spacial score (nSPS) is 22.6. The molecule has 0 aromatic carbocycles. The van der Waals surface area contributed by atoms with Crippen LogP contribution in [0.1, 0.15) is 23.7 Å². The predicted molar refractivity (Wildman–Crippen MR) is 73.2 cm³/mol. The maximum absolute atomic E-state index is 12.4. The Labute approximate surface area is 123 Å². The van der Waals surface area contributed by atoms with Crippen LogP contribution in [0.5, 0.6) is 0 Å². The Morgan fingerprint density at radius 2 is 2.26 bits per heavy atom. The zero-order valence-electron chi connectivity index (χ0n) is 10.1. The zero-order valence-corrected chi connectivity index (χ0v) is 12.5. The number of carbonyl (C=O) groups excluding carboxylic acids is 1. The summed E-state index contributed by atoms with van der Waals surface area (Å²) in [6.07, 6.45) is 2.15. The van der Waals surface area contributed by atoms with Gasteiger partial charge in [-0.25, -0.2) is 9.78 Å². The van der Waals surface area contributed by atoms with Crippen molar-refractivity contribution in [2.24, 2.45) is 5.92 Å². The van der Waals surface area contributed by atoms with Crippen LogP contribution in [0.2, 0.25) is 5.15 Å². The summed E-state index contributed by atoms with van der Waals surface area (Å²) in [7, 11) is 0. The highest BCUT2D eigenvalue weighted by Crippen LogP contribution is 2.28. The molecule has 1 saturated heterocycles. The molecule has 7 heteroatoms. The van der Waals surface area contributed by atoms with E-state index in [4.69, 9.17) is 11.6 Å². The summed E-state index contributed by atoms with van der Waals surface area (Å²) in [5, 5.41) is 9.30. The first-order chi connectivity index (χ1) is 8.91. The minimum atomic E-state index is -0.988. The molecule has 0 bridgehead atoms. The van der Waals surface area contributed by atoms with Gasteiger partial charge in [-0.3, -0.25) is 4.79 Å². The Morgan fingerprint density at radius 1 is 1.58 bits per heavy atom. The topological polar surface area (TPSA) is 70.5 Å². The second-order valence-electron chi connectivity index (χ2n) is 4.54. The molecule has 2 atom stereocenters. The first-order valence-electron chi connectivity index (χ1n) is 5.76. The summed E-state index contributed by atoms with van der Waals surface area (Å²) < 4.78 is 0.624. The SMILES string of the molecule is CC1CCN(C(=O)c2cc(Br)cnc2Cl)C1C(=O)O. The van der Waals surface area contributed by atoms with Crippen molar-refractivity contribution < 1.29 is 14.7 Å². The van der Waals surface area contributed by atoms with E-state index in [2.05, 4.69) is 20.9 Å². The summed E-state index contributed by atoms with van der Waals surface area (Å²) in [5.74, 6) is -1.45. The van der Waals surface area contributed by atoms with Crippen molar-refractivity contribution in [2.75, 3.05) is 6.54 Å². The molecule has 1 fully saturated rings. The molecule has 1 amide bonds. The van der Waals surface area contributed by atoms with Crippen molar-refractivity contribution in [1.82, 2.24) is 9.88 Å². The first kappa shape index (κ1) is 14.3. The number of carbonyl (C=O) groups is 2. The molecule has 1 aliphatic heterocycles. The lowest BCUT2D eigenvalue weighted by Crippen LogP contribution is -2.42. The Hall–Kier alpha value is -1.14. The molecule has 0 spiro atoms. The van der Waals surface area contributed by atoms with Gasteiger partial charge in [-0.15, -0.1) is 0 Å². The number of likely N-dealkylation sites (tertiary alicyclic amines) is 1. The van der Waals surface area contributed by atoms with Gasteiger partial charge in [-0.05, 0) is 34.3 Å². The van der Waals surface area contributed by atoms with Gasteiger partial charge in [0, 0.05) is 17.2 Å². The number of carboxylic acids is 1. The lowest BCUT2D eigenvalue weighted by Gasteiger charge is -2.23. The largest absolute Gasteiger partial charge is 0.480 e. The monoisotopic (exact) mass is 346 g/mol. The molecule has 1 aliphatic rings. The first-order valence-corrected chi connectivity index (χ1v) is 6.93. The van der Waals surface area contributed by atoms with E-state index in [-0.39, 0.29) is 16.6 Å². The third-order valence-corrected chi connectivity index (χ3v) is 3.98. The van der Waals surface area contributed by atoms with Crippen LogP contribution >= 0.6 is 27.5 Å². The number of hydrogen-bond acceptors (Lipinski definition) is 3. The van der Waals surface area contributed by atoms with Crippen LogP contribution in [0.3, 0.4) is 0 Å². The summed E-state index contributed by atoms with van der Waals surface area (Å²) in [5.41, 5.74) is 0.219. The lowest BCUT2D eigenvalue weighted by atomic mass is 10.0. The summed E-state index contributed by atoms with van der Waals surface area (Å²) in [6.45, 7) is 2.24. The van der Waals surface area contributed by atoms with Gasteiger partial charge in [0.1, 0.15) is 11.2 Å². The lowest BCUT2D eigenvalue weighted by molar-refractivity contribution is -0.142. The van der Waals surface area contributed by atoms with Gasteiger partial charge in [0.25, 0.3) is 5.91 Å². The minimum Gasteiger partial charge on any atom is -0.480 e. The maximum atomic E-state index is 12.4. The Morgan fingerprint density at radius 3 is 2.89 bits per heavy atom. The standard InChI is InChI=1S/C12H12BrClN2O3/c1-6-2-3-16(9(6)12(18)19)11(17)8-4-7(13)5-15-10(8)14/h4-6,9H,2-3H2,1H3,(H,18,19). The Balaban J connectivity index is 2.33. The van der Waals surface area contributed by atoms with E-state index in [0.717, 1.165) is 0 Å². The molecule has 102 valence electrons. The van der Waals surface area contributed by atoms with Crippen molar-refractivity contribution in [2.45, 2.75) is 19.4 Å². The number of aromatic nitrogens is 1. The van der Waals surface area contributed by atoms with Crippen LogP contribution in [-0.4, -0.2) is 39.5 Å². The molecule has 2 rings (SSSR count). The fraction of sp³-hybridized carbons (Fsp3) is 0.417. The van der Waals surface area contributed by atoms with Gasteiger partial charge in [0.15, 0.2) is 0 Å². The van der Waals surface area contributed by atoms with Crippen LogP contribution in [0.15, 0.2) is 16.7 Å². The number of nitrogens with zero attached hydrogens (tertiary/aromatic N) is 2. The Kier molecular flexibility index (Phi) is 4.10. The molecule has 0 radical (unpaired) electrons. The molecule has 1 N–H and O–H groups in total. The molecule has 0 saturated carbocycles. The molecule has 1 aromatic heterocycles. The quantitative estimate of drug-likeness (QED) is 0.834. The van der Waals surface area contributed by atoms with E-state index >= 15 is 0 Å². The van der Waals surface area contributed by atoms with Crippen LogP contribution in [0.4, 0.5) is 0 Å². The highest BCUT2D eigenvalue weighted by atomic mass is 79.9. The van der Waals surface area contributed by atoms with E-state index in [1.807, 2.05) is 6.92 Å². The second kappa shape index (κ2) is 5.46. The van der Waals surface area contributed by atoms with Crippen LogP contribution in [0, 0.1) is 5.92 Å². The van der Waals surface area contributed by atoms with E-state index < -0.39 is 17.9 Å². The zero-order chi connectivity index (χ0) is 14.2. The number of aliphatic carboxylic acids is 1. The number of carboxylic acid groups (broad SMARTS) is 1. The molecule has 2 heterocycles. The minimum absolute atomic E-state index is 0.0691. The molecular formula is C12H12BrClN2O3. The summed E-state index contributed by atoms with van der Waals surface area (Å²) >= 11 is 9.13. The van der Waals surface area contributed by atoms with Gasteiger partial charge >= 0.3 is 5.97 Å². The molecule has 1 aromatic rings. The third kappa shape index (κ3) is 2.74. The predicted octanol–water partition coefficient (Wildman–Crippen LogP) is 2.43. The van der Waals surface area contributed by atoms with E-state index in [1.54, 1.807) is 6.07 Å². The van der Waals surface area contributed by atoms with Crippen molar-refractivity contribution in [3.63, 3.8) is 0 Å². The number of amides is 1. The van der Waals surface area contributed by atoms with Crippen LogP contribution < -0.4 is 0 Å². The fourth-order valence-electron chi connectivity index (χ4n) is 2.28. The smallest absolute Gasteiger partial charge is 0.326 e. The van der Waals surface area contributed by atoms with Crippen molar-refractivity contribution >= 4 is 39.4 Å². The van der Waals surface area contributed by atoms with Crippen molar-refractivity contribution in [3.8, 4) is 0 Å². The van der Waals surface area contributed by atoms with Gasteiger partial charge < -0.3 is 10.0 Å². The van der Waals surface area contributed by atoms with Crippen LogP contribution in [-0.2, 0) is 4.79 Å². The molecular weight excluding hydrogens is 336 g/mol. The van der Waals surface area contributed by atoms with E-state index in [9.17, 15) is 14.7 Å². The number of pyridine rings is 1. The van der Waals surface area contributed by atoms with E-state index in [1.165, 1.54) is 11.1 Å². The highest BCUT2D eigenvalue weighted by molar-refractivity contribution is 9.10. The second-order valence-corrected chi connectivity index (χ2v) is 5.81. The average molecular weight is 348 g/mol. The van der Waals surface area contributed by atoms with Gasteiger partial charge in [-0.2, -0.15) is 0 Å². The molecule has 2 unspecified atom stereocenters. The molecule has 5 nitrogen and oxygen atoms in total. The Bertz CT molecular complexity index is 538.